The van der Waals surface area contributed by atoms with Gasteiger partial charge in [0.25, 0.3) is 5.91 Å². The summed E-state index contributed by atoms with van der Waals surface area (Å²) >= 11 is 1.38. The van der Waals surface area contributed by atoms with E-state index in [1.54, 1.807) is 0 Å². The minimum absolute atomic E-state index is 0.239. The van der Waals surface area contributed by atoms with Gasteiger partial charge in [-0.25, -0.2) is 4.98 Å². The van der Waals surface area contributed by atoms with E-state index in [0.29, 0.717) is 11.6 Å². The third kappa shape index (κ3) is 2.93. The van der Waals surface area contributed by atoms with Crippen LogP contribution in [0.2, 0.25) is 0 Å². The van der Waals surface area contributed by atoms with Crippen LogP contribution in [0.4, 0.5) is 5.13 Å². The molecule has 0 radical (unpaired) electrons. The summed E-state index contributed by atoms with van der Waals surface area (Å²) in [5.41, 5.74) is 3.46. The molecule has 0 bridgehead atoms. The summed E-state index contributed by atoms with van der Waals surface area (Å²) in [7, 11) is 0. The molecule has 1 aliphatic heterocycles. The average molecular weight is 338 g/mol. The number of carbonyl (C=O) groups is 1. The van der Waals surface area contributed by atoms with Gasteiger partial charge in [-0.15, -0.1) is 11.3 Å². The number of rotatable bonds is 4. The van der Waals surface area contributed by atoms with Gasteiger partial charge in [-0.05, 0) is 17.7 Å². The largest absolute Gasteiger partial charge is 0.382 e. The first-order valence-corrected chi connectivity index (χ1v) is 8.36. The number of amides is 1. The van der Waals surface area contributed by atoms with Gasteiger partial charge in [0.2, 0.25) is 6.10 Å². The van der Waals surface area contributed by atoms with Crippen molar-refractivity contribution >= 4 is 28.1 Å². The zero-order chi connectivity index (χ0) is 16.4. The number of benzene rings is 1. The van der Waals surface area contributed by atoms with Crippen LogP contribution in [-0.2, 0) is 9.63 Å². The lowest BCUT2D eigenvalue weighted by Gasteiger charge is -2.06. The van der Waals surface area contributed by atoms with E-state index in [4.69, 9.17) is 4.84 Å². The summed E-state index contributed by atoms with van der Waals surface area (Å²) in [5, 5.41) is 9.26. The van der Waals surface area contributed by atoms with Crippen LogP contribution in [-0.4, -0.2) is 27.7 Å². The molecule has 3 aromatic rings. The van der Waals surface area contributed by atoms with Gasteiger partial charge < -0.3 is 9.82 Å². The van der Waals surface area contributed by atoms with Crippen LogP contribution in [0, 0.1) is 0 Å². The average Bonchev–Trinajstić information content (AvgIpc) is 3.36. The maximum atomic E-state index is 12.3. The van der Waals surface area contributed by atoms with Crippen molar-refractivity contribution in [1.82, 2.24) is 9.97 Å². The van der Waals surface area contributed by atoms with Crippen molar-refractivity contribution in [2.45, 2.75) is 12.5 Å². The molecule has 1 aromatic carbocycles. The Kier molecular flexibility index (Phi) is 3.84. The lowest BCUT2D eigenvalue weighted by Crippen LogP contribution is -2.27. The highest BCUT2D eigenvalue weighted by atomic mass is 32.1. The van der Waals surface area contributed by atoms with E-state index >= 15 is 0 Å². The van der Waals surface area contributed by atoms with Gasteiger partial charge in [0.1, 0.15) is 0 Å². The fourth-order valence-corrected chi connectivity index (χ4v) is 3.16. The first-order valence-electron chi connectivity index (χ1n) is 7.48. The third-order valence-corrected chi connectivity index (χ3v) is 4.43. The molecule has 120 valence electrons. The number of thiazole rings is 1. The molecule has 0 spiro atoms. The number of H-pyrrole nitrogens is 1. The van der Waals surface area contributed by atoms with Crippen LogP contribution >= 0.6 is 11.3 Å². The Hall–Kier alpha value is -2.93. The molecule has 0 fully saturated rings. The molecule has 0 unspecified atom stereocenters. The molecule has 4 rings (SSSR count). The zero-order valence-corrected chi connectivity index (χ0v) is 13.4. The zero-order valence-electron chi connectivity index (χ0n) is 12.6. The fourth-order valence-electron chi connectivity index (χ4n) is 2.45. The lowest BCUT2D eigenvalue weighted by molar-refractivity contribution is -0.125. The number of hydrogen-bond acceptors (Lipinski definition) is 5. The van der Waals surface area contributed by atoms with Crippen LogP contribution in [0.15, 0.2) is 59.2 Å². The van der Waals surface area contributed by atoms with E-state index in [2.05, 4.69) is 20.4 Å². The van der Waals surface area contributed by atoms with Gasteiger partial charge in [-0.2, -0.15) is 0 Å². The first-order chi connectivity index (χ1) is 11.8. The number of nitrogens with one attached hydrogen (secondary N) is 2. The number of aromatic amines is 1. The number of carbonyl (C=O) groups excluding carboxylic acids is 1. The van der Waals surface area contributed by atoms with Crippen molar-refractivity contribution in [2.24, 2.45) is 5.16 Å². The van der Waals surface area contributed by atoms with Gasteiger partial charge in [0.05, 0.1) is 17.1 Å². The molecular weight excluding hydrogens is 324 g/mol. The monoisotopic (exact) mass is 338 g/mol. The molecule has 0 aliphatic carbocycles. The normalized spacial score (nSPS) is 16.5. The molecule has 1 atom stereocenters. The third-order valence-electron chi connectivity index (χ3n) is 3.68. The van der Waals surface area contributed by atoms with E-state index < -0.39 is 6.10 Å². The molecule has 3 heterocycles. The predicted molar refractivity (Wildman–Crippen MR) is 93.0 cm³/mol. The van der Waals surface area contributed by atoms with E-state index in [9.17, 15) is 4.79 Å². The fraction of sp³-hybridized carbons (Fsp3) is 0.118. The molecular formula is C17H14N4O2S. The van der Waals surface area contributed by atoms with Crippen LogP contribution in [0.5, 0.6) is 0 Å². The number of nitrogens with zero attached hydrogens (tertiary/aromatic N) is 2. The first kappa shape index (κ1) is 14.6. The Morgan fingerprint density at radius 1 is 1.25 bits per heavy atom. The molecule has 0 saturated heterocycles. The Morgan fingerprint density at radius 3 is 2.92 bits per heavy atom. The Morgan fingerprint density at radius 2 is 2.12 bits per heavy atom. The molecule has 24 heavy (non-hydrogen) atoms. The number of hydrogen-bond donors (Lipinski definition) is 2. The molecule has 1 aliphatic rings. The van der Waals surface area contributed by atoms with Gasteiger partial charge in [0, 0.05) is 18.0 Å². The maximum Gasteiger partial charge on any atom is 0.270 e. The number of anilines is 1. The summed E-state index contributed by atoms with van der Waals surface area (Å²) in [4.78, 5) is 25.1. The van der Waals surface area contributed by atoms with Crippen molar-refractivity contribution in [3.63, 3.8) is 0 Å². The van der Waals surface area contributed by atoms with Gasteiger partial charge >= 0.3 is 0 Å². The van der Waals surface area contributed by atoms with E-state index in [0.717, 1.165) is 22.7 Å². The van der Waals surface area contributed by atoms with Gasteiger partial charge in [0.15, 0.2) is 5.13 Å². The maximum absolute atomic E-state index is 12.3. The SMILES string of the molecule is O=C(Nc1nc(-c2ccc[nH]2)cs1)[C@@H]1CC(c2ccccc2)=NO1. The second-order valence-electron chi connectivity index (χ2n) is 5.31. The second kappa shape index (κ2) is 6.29. The minimum Gasteiger partial charge on any atom is -0.382 e. The number of aromatic nitrogens is 2. The van der Waals surface area contributed by atoms with Gasteiger partial charge in [-0.3, -0.25) is 10.1 Å². The molecule has 2 aromatic heterocycles. The Bertz CT molecular complexity index is 871. The van der Waals surface area contributed by atoms with Crippen LogP contribution in [0.3, 0.4) is 0 Å². The quantitative estimate of drug-likeness (QED) is 0.766. The second-order valence-corrected chi connectivity index (χ2v) is 6.17. The van der Waals surface area contributed by atoms with Crippen LogP contribution in [0.25, 0.3) is 11.4 Å². The molecule has 7 heteroatoms. The topological polar surface area (TPSA) is 79.4 Å². The van der Waals surface area contributed by atoms with Crippen molar-refractivity contribution < 1.29 is 9.63 Å². The van der Waals surface area contributed by atoms with E-state index in [1.807, 2.05) is 54.0 Å². The molecule has 1 amide bonds. The van der Waals surface area contributed by atoms with Crippen molar-refractivity contribution in [3.05, 3.63) is 59.6 Å². The van der Waals surface area contributed by atoms with Crippen LogP contribution in [0.1, 0.15) is 12.0 Å². The molecule has 0 saturated carbocycles. The van der Waals surface area contributed by atoms with E-state index in [-0.39, 0.29) is 5.91 Å². The highest BCUT2D eigenvalue weighted by molar-refractivity contribution is 7.14. The number of oxime groups is 1. The van der Waals surface area contributed by atoms with Crippen LogP contribution < -0.4 is 5.32 Å². The summed E-state index contributed by atoms with van der Waals surface area (Å²) in [6.07, 6.45) is 1.66. The van der Waals surface area contributed by atoms with E-state index in [1.165, 1.54) is 11.3 Å². The highest BCUT2D eigenvalue weighted by Gasteiger charge is 2.29. The predicted octanol–water partition coefficient (Wildman–Crippen LogP) is 3.27. The van der Waals surface area contributed by atoms with Crippen molar-refractivity contribution in [1.29, 1.82) is 0 Å². The van der Waals surface area contributed by atoms with Crippen molar-refractivity contribution in [3.8, 4) is 11.4 Å². The Balaban J connectivity index is 1.39. The summed E-state index contributed by atoms with van der Waals surface area (Å²) < 4.78 is 0. The molecule has 2 N–H and O–H groups in total. The summed E-state index contributed by atoms with van der Waals surface area (Å²) in [6.45, 7) is 0. The highest BCUT2D eigenvalue weighted by Crippen LogP contribution is 2.24. The standard InChI is InChI=1S/C17H14N4O2S/c22-16(15-9-13(21-23-15)11-5-2-1-3-6-11)20-17-19-14(10-24-17)12-7-4-8-18-12/h1-8,10,15,18H,9H2,(H,19,20,22)/t15-/m0/s1. The van der Waals surface area contributed by atoms with Gasteiger partial charge in [-0.1, -0.05) is 35.5 Å². The van der Waals surface area contributed by atoms with Crippen molar-refractivity contribution in [2.75, 3.05) is 5.32 Å². The summed E-state index contributed by atoms with van der Waals surface area (Å²) in [5.74, 6) is -0.239. The smallest absolute Gasteiger partial charge is 0.270 e. The molecule has 6 nitrogen and oxygen atoms in total. The summed E-state index contributed by atoms with van der Waals surface area (Å²) in [6, 6.07) is 13.5. The lowest BCUT2D eigenvalue weighted by atomic mass is 10.1. The Labute approximate surface area is 142 Å². The minimum atomic E-state index is -0.627.